The van der Waals surface area contributed by atoms with Crippen LogP contribution in [0.1, 0.15) is 362 Å². The average molecular weight is 2100 g/mol. The first-order chi connectivity index (χ1) is 66.5. The number of fused-ring (bicyclic) bond motifs is 5. The van der Waals surface area contributed by atoms with Crippen LogP contribution in [0.15, 0.2) is 130 Å². The third kappa shape index (κ3) is 26.2. The smallest absolute Gasteiger partial charge is 0.193 e. The Morgan fingerprint density at radius 2 is 0.556 bits per heavy atom. The number of nitrogens with zero attached hydrogens (tertiary/aromatic N) is 1. The number of thiophene rings is 4. The first-order valence-corrected chi connectivity index (χ1v) is 65.4. The van der Waals surface area contributed by atoms with Gasteiger partial charge >= 0.3 is 0 Å². The van der Waals surface area contributed by atoms with Crippen molar-refractivity contribution >= 4 is 121 Å². The van der Waals surface area contributed by atoms with Gasteiger partial charge in [0.05, 0.1) is 88.5 Å². The molecule has 0 radical (unpaired) electrons. The van der Waals surface area contributed by atoms with E-state index in [1.807, 2.05) is 12.1 Å². The third-order valence-electron chi connectivity index (χ3n) is 32.4. The van der Waals surface area contributed by atoms with Gasteiger partial charge in [0.15, 0.2) is 31.4 Å². The van der Waals surface area contributed by atoms with Gasteiger partial charge in [0.25, 0.3) is 0 Å². The highest BCUT2D eigenvalue weighted by molar-refractivity contribution is 7.97. The number of nitrogen functional groups attached to an aromatic ring is 1. The zero-order chi connectivity index (χ0) is 103. The first kappa shape index (κ1) is 109. The molecule has 9 N–H and O–H groups in total. The van der Waals surface area contributed by atoms with Crippen molar-refractivity contribution in [2.75, 3.05) is 28.7 Å². The Morgan fingerprint density at radius 1 is 0.338 bits per heavy atom. The summed E-state index contributed by atoms with van der Waals surface area (Å²) in [6, 6.07) is 36.1. The van der Waals surface area contributed by atoms with Crippen LogP contribution in [0.25, 0.3) is 0 Å². The maximum atomic E-state index is 14.7. The number of nitrogens with two attached hydrogens (primary N) is 1. The minimum atomic E-state index is -3.21. The molecule has 5 saturated carbocycles. The van der Waals surface area contributed by atoms with Gasteiger partial charge in [-0.15, -0.1) is 45.3 Å². The van der Waals surface area contributed by atoms with Crippen molar-refractivity contribution in [2.24, 2.45) is 33.6 Å². The van der Waals surface area contributed by atoms with E-state index >= 15 is 0 Å². The molecule has 0 spiro atoms. The molecule has 10 aliphatic rings. The number of nitrogens with one attached hydrogen (secondary N) is 3. The van der Waals surface area contributed by atoms with Crippen LogP contribution in [0.2, 0.25) is 18.1 Å². The lowest BCUT2D eigenvalue weighted by Gasteiger charge is -2.33. The lowest BCUT2D eigenvalue weighted by Crippen LogP contribution is -2.37. The van der Waals surface area contributed by atoms with Gasteiger partial charge in [-0.25, -0.2) is 31.2 Å². The van der Waals surface area contributed by atoms with Gasteiger partial charge in [-0.1, -0.05) is 116 Å². The molecule has 26 heteroatoms. The van der Waals surface area contributed by atoms with Crippen LogP contribution in [0.3, 0.4) is 0 Å². The maximum Gasteiger partial charge on any atom is 0.193 e. The number of anilines is 1. The minimum Gasteiger partial charge on any atom is -0.398 e. The highest BCUT2D eigenvalue weighted by Gasteiger charge is 2.43. The molecule has 5 aromatic carbocycles. The summed E-state index contributed by atoms with van der Waals surface area (Å²) in [5, 5.41) is 40.9. The Hall–Kier alpha value is -6.76. The maximum absolute atomic E-state index is 14.7. The number of carbonyl (C=O) groups is 4. The second-order valence-corrected chi connectivity index (χ2v) is 65.9. The Bertz CT molecular complexity index is 6310. The normalized spacial score (nSPS) is 19.4. The van der Waals surface area contributed by atoms with Gasteiger partial charge in [-0.05, 0) is 447 Å². The first-order valence-electron chi connectivity index (χ1n) is 52.3. The van der Waals surface area contributed by atoms with Crippen LogP contribution in [0, 0.1) is 43.9 Å². The zero-order valence-electron chi connectivity index (χ0n) is 87.3. The predicted molar refractivity (Wildman–Crippen MR) is 588 cm³/mol. The van der Waals surface area contributed by atoms with Gasteiger partial charge < -0.3 is 26.2 Å². The fourth-order valence-electron chi connectivity index (χ4n) is 22.0. The molecule has 770 valence electrons. The molecule has 9 aromatic rings. The zero-order valence-corrected chi connectivity index (χ0v) is 94.9. The topological polar surface area (TPSA) is 327 Å². The molecule has 19 rings (SSSR count). The fraction of sp³-hybridized carbons (Fsp3) is 0.569. The molecule has 142 heavy (non-hydrogen) atoms. The van der Waals surface area contributed by atoms with Gasteiger partial charge in [0.2, 0.25) is 0 Å². The summed E-state index contributed by atoms with van der Waals surface area (Å²) in [6.07, 6.45) is 30.7. The SMILES string of the molecule is C[C@@H](c1ccc2c(c1CC(=O)CS(=N)(=O)c1ccc(C(C)(C)O)s1)CCC2)C1CC1.C[C@@H](c1ccc2c(c1CC(=O)CS(=O)(=N[Si](C)(C)C(C)(C)C)c1ccc(C(C)(C)O)s1)CCC2)C1CC1.C[C@@H](c1ccc2c(c1CC(=O)C[S@@](=N)(=O)c1ccc(C(C)(C)O)s1)CCC2)C1CC1.C[C@@H](c1ccc2c(c1CC(=O)C[S@](=N)(=O)c1ccc(C(C)(C)O)s1)CCC2)C1CC1.C[C@@H](c1ccc2c(c1N)CCC2)C1CC1. The molecule has 9 atom stereocenters. The molecule has 0 aliphatic heterocycles. The van der Waals surface area contributed by atoms with E-state index in [1.165, 1.54) is 218 Å². The lowest BCUT2D eigenvalue weighted by atomic mass is 9.86. The summed E-state index contributed by atoms with van der Waals surface area (Å²) in [5.74, 6) is 5.03. The van der Waals surface area contributed by atoms with E-state index in [2.05, 4.69) is 129 Å². The van der Waals surface area contributed by atoms with Crippen LogP contribution in [-0.4, -0.2) is 91.6 Å². The Kier molecular flexibility index (Phi) is 33.2. The van der Waals surface area contributed by atoms with Gasteiger partial charge in [-0.2, -0.15) is 0 Å². The summed E-state index contributed by atoms with van der Waals surface area (Å²) in [7, 11) is -14.9. The number of Topliss-reactive ketones (excluding diaryl/α,β-unsaturated/α-hetero) is 4. The summed E-state index contributed by atoms with van der Waals surface area (Å²) in [4.78, 5) is 55.6. The van der Waals surface area contributed by atoms with Crippen molar-refractivity contribution < 1.29 is 56.4 Å². The van der Waals surface area contributed by atoms with E-state index in [0.717, 1.165) is 116 Å². The van der Waals surface area contributed by atoms with Crippen LogP contribution in [0.4, 0.5) is 5.69 Å². The molecule has 0 bridgehead atoms. The Labute approximate surface area is 865 Å². The average Bonchev–Trinajstić information content (AvgIpc) is 1.65. The number of hydrogen-bond acceptors (Lipinski definition) is 21. The summed E-state index contributed by atoms with van der Waals surface area (Å²) in [5.41, 5.74) is 28.2. The molecule has 4 heterocycles. The van der Waals surface area contributed by atoms with E-state index in [1.54, 1.807) is 91.8 Å². The molecule has 0 amide bonds. The van der Waals surface area contributed by atoms with Gasteiger partial charge in [0.1, 0.15) is 12.6 Å². The van der Waals surface area contributed by atoms with Crippen molar-refractivity contribution in [3.63, 3.8) is 0 Å². The largest absolute Gasteiger partial charge is 0.398 e. The molecule has 2 unspecified atom stereocenters. The highest BCUT2D eigenvalue weighted by Crippen LogP contribution is 2.52. The van der Waals surface area contributed by atoms with E-state index in [4.69, 9.17) is 24.1 Å². The van der Waals surface area contributed by atoms with Crippen LogP contribution in [0.5, 0.6) is 0 Å². The van der Waals surface area contributed by atoms with Crippen LogP contribution in [-0.2, 0) is 170 Å². The van der Waals surface area contributed by atoms with Crippen LogP contribution >= 0.6 is 45.3 Å². The quantitative estimate of drug-likeness (QED) is 0.0135. The number of ketones is 4. The van der Waals surface area contributed by atoms with E-state index < -0.39 is 69.6 Å². The number of aryl methyl sites for hydroxylation is 5. The van der Waals surface area contributed by atoms with Crippen molar-refractivity contribution in [3.05, 3.63) is 234 Å². The number of hydrogen-bond donors (Lipinski definition) is 8. The molecular weight excluding hydrogens is 1940 g/mol. The third-order valence-corrected chi connectivity index (χ3v) is 54.1. The molecule has 10 aliphatic carbocycles. The monoisotopic (exact) mass is 2100 g/mol. The fourth-order valence-corrected chi connectivity index (χ4v) is 37.8. The standard InChI is InChI=1S/C30H45NO3S2Si.3C24H31NO3S2.C14H19N/c1-20(21-12-13-21)24-15-14-22-10-9-11-25(22)26(24)18-23(32)19-36(34,31-37(7,8)29(2,3)4)28-17-16-27(35-28)30(5,6)33;3*1-15(16-7-8-16)19-10-9-17-5-4-6-20(17)21(19)13-18(26)14-30(25,28)23-12-11-22(29-23)24(2,3)27;1-9(10-5-6-10)12-8-7-11-3-2-4-13(11)14(12)15/h14-17,20-21,33H,9-13,18-19H2,1-8H3;3*9-12,15-16,25,27H,4-8,13-14H2,1-3H3;7-10H,2-6,15H2,1H3/t20-,36?;15-,30?;15-,30+;15-,30-;9-/m11111/s1. The van der Waals surface area contributed by atoms with Gasteiger partial charge in [0, 0.05) is 50.9 Å². The van der Waals surface area contributed by atoms with Crippen molar-refractivity contribution in [1.82, 2.24) is 0 Å². The molecule has 4 aromatic heterocycles. The number of carbonyl (C=O) groups excluding carboxylic acids is 4. The minimum absolute atomic E-state index is 0.00946. The molecule has 5 fully saturated rings. The van der Waals surface area contributed by atoms with E-state index in [0.29, 0.717) is 85.2 Å². The summed E-state index contributed by atoms with van der Waals surface area (Å²) in [6.45, 7) is 35.6. The summed E-state index contributed by atoms with van der Waals surface area (Å²) < 4.78 is 86.0. The van der Waals surface area contributed by atoms with Crippen molar-refractivity contribution in [3.8, 4) is 0 Å². The van der Waals surface area contributed by atoms with Crippen molar-refractivity contribution in [2.45, 2.75) is 384 Å². The number of rotatable bonds is 35. The number of aliphatic hydroxyl groups is 4. The van der Waals surface area contributed by atoms with E-state index in [9.17, 15) is 56.4 Å². The van der Waals surface area contributed by atoms with Gasteiger partial charge in [-0.3, -0.25) is 23.2 Å². The van der Waals surface area contributed by atoms with E-state index in [-0.39, 0.29) is 70.4 Å². The number of benzene rings is 5. The van der Waals surface area contributed by atoms with Crippen molar-refractivity contribution in [1.29, 1.82) is 14.3 Å². The molecule has 17 nitrogen and oxygen atoms in total. The predicted octanol–water partition coefficient (Wildman–Crippen LogP) is 26.5. The lowest BCUT2D eigenvalue weighted by molar-refractivity contribution is -0.116. The van der Waals surface area contributed by atoms with Crippen LogP contribution < -0.4 is 5.73 Å². The second kappa shape index (κ2) is 43.1. The molecular formula is C116H157N5O12S8Si. The highest BCUT2D eigenvalue weighted by atomic mass is 32.2. The Balaban J connectivity index is 0.000000136. The second-order valence-electron chi connectivity index (χ2n) is 46.9. The molecule has 0 saturated heterocycles. The Morgan fingerprint density at radius 3 is 0.796 bits per heavy atom. The summed E-state index contributed by atoms with van der Waals surface area (Å²) >= 11 is 4.85.